The second kappa shape index (κ2) is 7.42. The van der Waals surface area contributed by atoms with Crippen molar-refractivity contribution in [1.82, 2.24) is 4.98 Å². The van der Waals surface area contributed by atoms with Crippen LogP contribution in [0.4, 0.5) is 14.5 Å². The van der Waals surface area contributed by atoms with Crippen molar-refractivity contribution < 1.29 is 18.3 Å². The fourth-order valence-electron chi connectivity index (χ4n) is 1.79. The smallest absolute Gasteiger partial charge is 0.387 e. The van der Waals surface area contributed by atoms with Gasteiger partial charge in [0, 0.05) is 30.7 Å². The van der Waals surface area contributed by atoms with Crippen molar-refractivity contribution in [3.63, 3.8) is 0 Å². The van der Waals surface area contributed by atoms with Gasteiger partial charge in [-0.3, -0.25) is 4.98 Å². The number of rotatable bonds is 7. The van der Waals surface area contributed by atoms with Gasteiger partial charge in [-0.2, -0.15) is 8.78 Å². The Kier molecular flexibility index (Phi) is 5.31. The lowest BCUT2D eigenvalue weighted by Gasteiger charge is -2.13. The van der Waals surface area contributed by atoms with Crippen molar-refractivity contribution in [3.05, 3.63) is 48.3 Å². The molecule has 0 spiro atoms. The van der Waals surface area contributed by atoms with Crippen LogP contribution in [0.25, 0.3) is 0 Å². The van der Waals surface area contributed by atoms with Gasteiger partial charge in [0.1, 0.15) is 0 Å². The van der Waals surface area contributed by atoms with E-state index in [-0.39, 0.29) is 11.5 Å². The summed E-state index contributed by atoms with van der Waals surface area (Å²) in [7, 11) is 0. The van der Waals surface area contributed by atoms with Crippen LogP contribution >= 0.6 is 0 Å². The highest BCUT2D eigenvalue weighted by atomic mass is 19.3. The Balaban J connectivity index is 2.08. The minimum atomic E-state index is -2.88. The molecule has 112 valence electrons. The lowest BCUT2D eigenvalue weighted by atomic mass is 10.2. The molecule has 1 N–H and O–H groups in total. The Morgan fingerprint density at radius 2 is 2.10 bits per heavy atom. The first kappa shape index (κ1) is 15.0. The highest BCUT2D eigenvalue weighted by Gasteiger charge is 2.11. The summed E-state index contributed by atoms with van der Waals surface area (Å²) in [6, 6.07) is 8.55. The average molecular weight is 294 g/mol. The molecular formula is C15H16F2N2O2. The molecule has 4 nitrogen and oxygen atoms in total. The van der Waals surface area contributed by atoms with Gasteiger partial charge < -0.3 is 14.8 Å². The Morgan fingerprint density at radius 1 is 1.24 bits per heavy atom. The third kappa shape index (κ3) is 4.59. The van der Waals surface area contributed by atoms with E-state index in [0.29, 0.717) is 13.2 Å². The average Bonchev–Trinajstić information content (AvgIpc) is 2.48. The molecule has 0 radical (unpaired) electrons. The van der Waals surface area contributed by atoms with Gasteiger partial charge >= 0.3 is 6.61 Å². The lowest BCUT2D eigenvalue weighted by molar-refractivity contribution is -0.0514. The van der Waals surface area contributed by atoms with Gasteiger partial charge in [-0.15, -0.1) is 0 Å². The Hall–Kier alpha value is -2.37. The molecule has 0 aliphatic rings. The number of nitrogens with one attached hydrogen (secondary N) is 1. The maximum Gasteiger partial charge on any atom is 0.387 e. The quantitative estimate of drug-likeness (QED) is 0.845. The number of nitrogens with zero attached hydrogens (tertiary/aromatic N) is 1. The maximum atomic E-state index is 12.3. The van der Waals surface area contributed by atoms with E-state index < -0.39 is 6.61 Å². The normalized spacial score (nSPS) is 10.5. The molecule has 0 aliphatic carbocycles. The van der Waals surface area contributed by atoms with E-state index in [1.165, 1.54) is 6.07 Å². The molecule has 0 amide bonds. The van der Waals surface area contributed by atoms with Crippen LogP contribution in [-0.4, -0.2) is 18.2 Å². The lowest BCUT2D eigenvalue weighted by Crippen LogP contribution is -2.05. The largest absolute Gasteiger partial charge is 0.490 e. The van der Waals surface area contributed by atoms with Crippen LogP contribution in [0.2, 0.25) is 0 Å². The summed E-state index contributed by atoms with van der Waals surface area (Å²) in [5.41, 5.74) is 1.77. The second-order valence-corrected chi connectivity index (χ2v) is 4.19. The van der Waals surface area contributed by atoms with Crippen molar-refractivity contribution in [3.8, 4) is 11.5 Å². The topological polar surface area (TPSA) is 43.4 Å². The fraction of sp³-hybridized carbons (Fsp3) is 0.267. The predicted octanol–water partition coefficient (Wildman–Crippen LogP) is 3.69. The Labute approximate surface area is 121 Å². The van der Waals surface area contributed by atoms with Gasteiger partial charge in [0.2, 0.25) is 0 Å². The number of aromatic nitrogens is 1. The van der Waals surface area contributed by atoms with E-state index in [9.17, 15) is 8.78 Å². The van der Waals surface area contributed by atoms with Gasteiger partial charge in [0.15, 0.2) is 11.5 Å². The van der Waals surface area contributed by atoms with Crippen LogP contribution in [0.3, 0.4) is 0 Å². The number of benzene rings is 1. The number of hydrogen-bond acceptors (Lipinski definition) is 4. The first-order valence-corrected chi connectivity index (χ1v) is 6.53. The zero-order valence-corrected chi connectivity index (χ0v) is 11.6. The number of alkyl halides is 2. The highest BCUT2D eigenvalue weighted by molar-refractivity contribution is 5.55. The number of halogens is 2. The minimum absolute atomic E-state index is 0.0266. The summed E-state index contributed by atoms with van der Waals surface area (Å²) in [4.78, 5) is 4.02. The molecule has 0 atom stereocenters. The molecule has 6 heteroatoms. The first-order chi connectivity index (χ1) is 10.2. The summed E-state index contributed by atoms with van der Waals surface area (Å²) in [5.74, 6) is 0.313. The molecule has 1 aromatic heterocycles. The van der Waals surface area contributed by atoms with Crippen LogP contribution < -0.4 is 14.8 Å². The van der Waals surface area contributed by atoms with Gasteiger partial charge in [-0.1, -0.05) is 6.07 Å². The zero-order valence-electron chi connectivity index (χ0n) is 11.6. The van der Waals surface area contributed by atoms with Crippen LogP contribution in [0.5, 0.6) is 11.5 Å². The van der Waals surface area contributed by atoms with E-state index in [2.05, 4.69) is 15.0 Å². The molecule has 0 saturated heterocycles. The molecule has 1 aromatic carbocycles. The monoisotopic (exact) mass is 294 g/mol. The van der Waals surface area contributed by atoms with E-state index in [0.717, 1.165) is 11.3 Å². The molecule has 1 heterocycles. The molecule has 0 unspecified atom stereocenters. The van der Waals surface area contributed by atoms with Crippen molar-refractivity contribution in [1.29, 1.82) is 0 Å². The summed E-state index contributed by atoms with van der Waals surface area (Å²) in [6.07, 6.45) is 3.46. The van der Waals surface area contributed by atoms with Crippen LogP contribution in [0.1, 0.15) is 12.5 Å². The van der Waals surface area contributed by atoms with Crippen molar-refractivity contribution in [2.45, 2.75) is 20.1 Å². The van der Waals surface area contributed by atoms with Crippen LogP contribution in [0, 0.1) is 0 Å². The van der Waals surface area contributed by atoms with Crippen molar-refractivity contribution in [2.75, 3.05) is 11.9 Å². The molecule has 0 saturated carbocycles. The molecule has 0 aliphatic heterocycles. The standard InChI is InChI=1S/C15H16F2N2O2/c1-2-20-14-8-12(5-6-13(14)21-15(16)17)19-10-11-4-3-7-18-9-11/h3-9,15,19H,2,10H2,1H3. The van der Waals surface area contributed by atoms with Gasteiger partial charge in [0.25, 0.3) is 0 Å². The SMILES string of the molecule is CCOc1cc(NCc2cccnc2)ccc1OC(F)F. The number of pyridine rings is 1. The molecule has 2 aromatic rings. The maximum absolute atomic E-state index is 12.3. The van der Waals surface area contributed by atoms with E-state index in [4.69, 9.17) is 4.74 Å². The number of ether oxygens (including phenoxy) is 2. The minimum Gasteiger partial charge on any atom is -0.490 e. The first-order valence-electron chi connectivity index (χ1n) is 6.53. The molecule has 21 heavy (non-hydrogen) atoms. The van der Waals surface area contributed by atoms with Gasteiger partial charge in [0.05, 0.1) is 6.61 Å². The summed E-state index contributed by atoms with van der Waals surface area (Å²) < 4.78 is 34.4. The zero-order chi connectivity index (χ0) is 15.1. The predicted molar refractivity (Wildman–Crippen MR) is 75.8 cm³/mol. The third-order valence-electron chi connectivity index (χ3n) is 2.68. The number of hydrogen-bond donors (Lipinski definition) is 1. The van der Waals surface area contributed by atoms with E-state index >= 15 is 0 Å². The van der Waals surface area contributed by atoms with Crippen molar-refractivity contribution in [2.24, 2.45) is 0 Å². The van der Waals surface area contributed by atoms with Crippen LogP contribution in [0.15, 0.2) is 42.7 Å². The summed E-state index contributed by atoms with van der Waals surface area (Å²) in [5, 5.41) is 3.18. The van der Waals surface area contributed by atoms with Gasteiger partial charge in [-0.05, 0) is 30.7 Å². The second-order valence-electron chi connectivity index (χ2n) is 4.19. The van der Waals surface area contributed by atoms with Crippen molar-refractivity contribution >= 4 is 5.69 Å². The molecule has 0 bridgehead atoms. The summed E-state index contributed by atoms with van der Waals surface area (Å²) >= 11 is 0. The fourth-order valence-corrected chi connectivity index (χ4v) is 1.79. The Morgan fingerprint density at radius 3 is 2.76 bits per heavy atom. The third-order valence-corrected chi connectivity index (χ3v) is 2.68. The summed E-state index contributed by atoms with van der Waals surface area (Å²) in [6.45, 7) is -0.152. The highest BCUT2D eigenvalue weighted by Crippen LogP contribution is 2.31. The van der Waals surface area contributed by atoms with E-state index in [1.807, 2.05) is 12.1 Å². The van der Waals surface area contributed by atoms with Gasteiger partial charge in [-0.25, -0.2) is 0 Å². The molecule has 0 fully saturated rings. The van der Waals surface area contributed by atoms with E-state index in [1.54, 1.807) is 31.5 Å². The molecule has 2 rings (SSSR count). The Bertz CT molecular complexity index is 565. The number of anilines is 1. The molecular weight excluding hydrogens is 278 g/mol. The van der Waals surface area contributed by atoms with Crippen LogP contribution in [-0.2, 0) is 6.54 Å².